The van der Waals surface area contributed by atoms with E-state index in [9.17, 15) is 0 Å². The highest BCUT2D eigenvalue weighted by Crippen LogP contribution is 2.29. The Morgan fingerprint density at radius 2 is 1.94 bits per heavy atom. The molecule has 102 valence electrons. The minimum absolute atomic E-state index is 0.291. The van der Waals surface area contributed by atoms with Crippen LogP contribution in [-0.2, 0) is 0 Å². The lowest BCUT2D eigenvalue weighted by atomic mass is 10.0. The molecule has 0 aliphatic carbocycles. The molecule has 1 aromatic rings. The van der Waals surface area contributed by atoms with Crippen LogP contribution in [0.3, 0.4) is 0 Å². The van der Waals surface area contributed by atoms with Crippen LogP contribution in [-0.4, -0.2) is 13.7 Å². The Bertz CT molecular complexity index is 364. The van der Waals surface area contributed by atoms with Crippen LogP contribution in [0, 0.1) is 5.92 Å². The number of benzene rings is 1. The van der Waals surface area contributed by atoms with Crippen molar-refractivity contribution in [2.45, 2.75) is 39.7 Å². The van der Waals surface area contributed by atoms with Crippen molar-refractivity contribution in [3.05, 3.63) is 28.2 Å². The Morgan fingerprint density at radius 3 is 2.50 bits per heavy atom. The summed E-state index contributed by atoms with van der Waals surface area (Å²) in [5.74, 6) is 1.64. The van der Waals surface area contributed by atoms with Gasteiger partial charge in [0.25, 0.3) is 0 Å². The Labute approximate surface area is 119 Å². The van der Waals surface area contributed by atoms with Crippen molar-refractivity contribution in [1.29, 1.82) is 0 Å². The first-order valence-corrected chi connectivity index (χ1v) is 7.51. The molecule has 3 heteroatoms. The van der Waals surface area contributed by atoms with Crippen molar-refractivity contribution in [2.75, 3.05) is 13.7 Å². The summed E-state index contributed by atoms with van der Waals surface area (Å²) in [5, 5.41) is 3.26. The maximum absolute atomic E-state index is 6.00. The molecule has 1 rings (SSSR count). The molecule has 0 radical (unpaired) electrons. The van der Waals surface area contributed by atoms with Gasteiger partial charge in [-0.25, -0.2) is 0 Å². The van der Waals surface area contributed by atoms with Crippen LogP contribution in [0.5, 0.6) is 5.75 Å². The zero-order chi connectivity index (χ0) is 13.5. The average molecular weight is 314 g/mol. The molecule has 0 bridgehead atoms. The van der Waals surface area contributed by atoms with Crippen LogP contribution in [0.15, 0.2) is 22.7 Å². The van der Waals surface area contributed by atoms with Crippen LogP contribution >= 0.6 is 15.9 Å². The van der Waals surface area contributed by atoms with E-state index in [2.05, 4.69) is 54.2 Å². The van der Waals surface area contributed by atoms with Crippen molar-refractivity contribution < 1.29 is 4.74 Å². The zero-order valence-corrected chi connectivity index (χ0v) is 13.4. The molecule has 0 aliphatic heterocycles. The molecular formula is C15H24BrNO. The third-order valence-electron chi connectivity index (χ3n) is 3.50. The molecular weight excluding hydrogens is 290 g/mol. The van der Waals surface area contributed by atoms with Gasteiger partial charge in [-0.05, 0) is 38.1 Å². The average Bonchev–Trinajstić information content (AvgIpc) is 2.40. The lowest BCUT2D eigenvalue weighted by molar-refractivity contribution is 0.237. The molecule has 0 heterocycles. The van der Waals surface area contributed by atoms with E-state index in [1.54, 1.807) is 0 Å². The normalized spacial score (nSPS) is 12.8. The summed E-state index contributed by atoms with van der Waals surface area (Å²) in [5.41, 5.74) is 1.21. The van der Waals surface area contributed by atoms with E-state index in [4.69, 9.17) is 4.74 Å². The Kier molecular flexibility index (Phi) is 6.72. The smallest absolute Gasteiger partial charge is 0.124 e. The fraction of sp³-hybridized carbons (Fsp3) is 0.600. The fourth-order valence-corrected chi connectivity index (χ4v) is 2.26. The van der Waals surface area contributed by atoms with Gasteiger partial charge in [-0.3, -0.25) is 0 Å². The predicted molar refractivity (Wildman–Crippen MR) is 81.2 cm³/mol. The van der Waals surface area contributed by atoms with Gasteiger partial charge in [-0.1, -0.05) is 42.6 Å². The number of hydrogen-bond donors (Lipinski definition) is 1. The molecule has 0 saturated carbocycles. The number of ether oxygens (including phenoxy) is 1. The lowest BCUT2D eigenvalue weighted by Crippen LogP contribution is -2.16. The van der Waals surface area contributed by atoms with E-state index in [-0.39, 0.29) is 0 Å². The van der Waals surface area contributed by atoms with Gasteiger partial charge in [0, 0.05) is 16.1 Å². The fourth-order valence-electron chi connectivity index (χ4n) is 1.88. The van der Waals surface area contributed by atoms with Crippen molar-refractivity contribution in [3.63, 3.8) is 0 Å². The Hall–Kier alpha value is -0.540. The van der Waals surface area contributed by atoms with Gasteiger partial charge >= 0.3 is 0 Å². The third kappa shape index (κ3) is 4.29. The molecule has 0 fully saturated rings. The summed E-state index contributed by atoms with van der Waals surface area (Å²) in [7, 11) is 1.97. The Balaban J connectivity index is 2.81. The van der Waals surface area contributed by atoms with E-state index in [0.29, 0.717) is 12.0 Å². The first-order valence-electron chi connectivity index (χ1n) is 6.71. The van der Waals surface area contributed by atoms with Crippen molar-refractivity contribution >= 4 is 15.9 Å². The van der Waals surface area contributed by atoms with Gasteiger partial charge in [-0.15, -0.1) is 0 Å². The topological polar surface area (TPSA) is 21.3 Å². The monoisotopic (exact) mass is 313 g/mol. The molecule has 1 N–H and O–H groups in total. The summed E-state index contributed by atoms with van der Waals surface area (Å²) in [6.45, 7) is 7.39. The maximum atomic E-state index is 6.00. The third-order valence-corrected chi connectivity index (χ3v) is 3.99. The van der Waals surface area contributed by atoms with Crippen LogP contribution in [0.4, 0.5) is 0 Å². The van der Waals surface area contributed by atoms with Gasteiger partial charge in [0.1, 0.15) is 5.75 Å². The number of rotatable bonds is 7. The second-order valence-electron chi connectivity index (χ2n) is 4.69. The number of nitrogens with one attached hydrogen (secondary N) is 1. The van der Waals surface area contributed by atoms with Crippen LogP contribution < -0.4 is 10.1 Å². The first kappa shape index (κ1) is 15.5. The summed E-state index contributed by atoms with van der Waals surface area (Å²) < 4.78 is 7.09. The van der Waals surface area contributed by atoms with Crippen LogP contribution in [0.2, 0.25) is 0 Å². The van der Waals surface area contributed by atoms with Crippen LogP contribution in [0.25, 0.3) is 0 Å². The predicted octanol–water partition coefficient (Wildman–Crippen LogP) is 4.54. The summed E-state index contributed by atoms with van der Waals surface area (Å²) in [6.07, 6.45) is 2.34. The minimum Gasteiger partial charge on any atom is -0.493 e. The van der Waals surface area contributed by atoms with Gasteiger partial charge in [0.05, 0.1) is 6.61 Å². The highest BCUT2D eigenvalue weighted by atomic mass is 79.9. The summed E-state index contributed by atoms with van der Waals surface area (Å²) in [6, 6.07) is 6.51. The number of hydrogen-bond acceptors (Lipinski definition) is 2. The highest BCUT2D eigenvalue weighted by Gasteiger charge is 2.12. The van der Waals surface area contributed by atoms with E-state index in [1.165, 1.54) is 18.4 Å². The van der Waals surface area contributed by atoms with E-state index >= 15 is 0 Å². The first-order chi connectivity index (χ1) is 8.62. The molecule has 0 aliphatic rings. The summed E-state index contributed by atoms with van der Waals surface area (Å²) >= 11 is 3.52. The molecule has 0 aromatic heterocycles. The molecule has 18 heavy (non-hydrogen) atoms. The molecule has 1 unspecified atom stereocenters. The van der Waals surface area contributed by atoms with Gasteiger partial charge in [0.2, 0.25) is 0 Å². The standard InChI is InChI=1S/C15H24BrNO/c1-5-12(6-2)10-18-15-8-7-13(16)9-14(15)11(3)17-4/h7-9,11-12,17H,5-6,10H2,1-4H3. The minimum atomic E-state index is 0.291. The summed E-state index contributed by atoms with van der Waals surface area (Å²) in [4.78, 5) is 0. The lowest BCUT2D eigenvalue weighted by Gasteiger charge is -2.19. The SMILES string of the molecule is CCC(CC)COc1ccc(Br)cc1C(C)NC. The second-order valence-corrected chi connectivity index (χ2v) is 5.60. The molecule has 0 saturated heterocycles. The maximum Gasteiger partial charge on any atom is 0.124 e. The quantitative estimate of drug-likeness (QED) is 0.797. The largest absolute Gasteiger partial charge is 0.493 e. The molecule has 1 atom stereocenters. The van der Waals surface area contributed by atoms with E-state index in [0.717, 1.165) is 16.8 Å². The van der Waals surface area contributed by atoms with Crippen molar-refractivity contribution in [2.24, 2.45) is 5.92 Å². The zero-order valence-electron chi connectivity index (χ0n) is 11.8. The highest BCUT2D eigenvalue weighted by molar-refractivity contribution is 9.10. The molecule has 0 amide bonds. The Morgan fingerprint density at radius 1 is 1.28 bits per heavy atom. The number of halogens is 1. The van der Waals surface area contributed by atoms with Gasteiger partial charge in [-0.2, -0.15) is 0 Å². The van der Waals surface area contributed by atoms with E-state index < -0.39 is 0 Å². The van der Waals surface area contributed by atoms with Gasteiger partial charge < -0.3 is 10.1 Å². The molecule has 2 nitrogen and oxygen atoms in total. The second kappa shape index (κ2) is 7.80. The van der Waals surface area contributed by atoms with Crippen molar-refractivity contribution in [1.82, 2.24) is 5.32 Å². The van der Waals surface area contributed by atoms with E-state index in [1.807, 2.05) is 13.1 Å². The van der Waals surface area contributed by atoms with Crippen LogP contribution in [0.1, 0.15) is 45.2 Å². The molecule has 1 aromatic carbocycles. The molecule has 0 spiro atoms. The van der Waals surface area contributed by atoms with Crippen molar-refractivity contribution in [3.8, 4) is 5.75 Å². The van der Waals surface area contributed by atoms with Gasteiger partial charge in [0.15, 0.2) is 0 Å².